The molecule has 0 bridgehead atoms. The van der Waals surface area contributed by atoms with Gasteiger partial charge in [-0.3, -0.25) is 9.97 Å². The van der Waals surface area contributed by atoms with Gasteiger partial charge in [0.1, 0.15) is 0 Å². The van der Waals surface area contributed by atoms with E-state index in [9.17, 15) is 0 Å². The van der Waals surface area contributed by atoms with E-state index in [0.717, 1.165) is 55.4 Å². The van der Waals surface area contributed by atoms with Crippen LogP contribution in [-0.2, 0) is 42.1 Å². The van der Waals surface area contributed by atoms with E-state index in [4.69, 9.17) is 11.8 Å². The number of nitrogens with zero attached hydrogens (tertiary/aromatic N) is 10. The molecule has 8 aromatic heterocycles. The van der Waals surface area contributed by atoms with Gasteiger partial charge >= 0.3 is 42.1 Å². The Hall–Kier alpha value is -6.44. The fourth-order valence-corrected chi connectivity index (χ4v) is 5.36. The molecule has 10 nitrogen and oxygen atoms in total. The summed E-state index contributed by atoms with van der Waals surface area (Å²) in [5, 5.41) is 12.9. The number of hydrogen-bond donors (Lipinski definition) is 0. The van der Waals surface area contributed by atoms with Gasteiger partial charge < -0.3 is 34.7 Å². The number of nitriles is 1. The molecule has 0 aliphatic heterocycles. The number of pyridine rings is 4. The molecule has 12 heteroatoms. The predicted octanol–water partition coefficient (Wildman–Crippen LogP) is 8.52. The molecule has 54 heavy (non-hydrogen) atoms. The molecule has 0 aliphatic rings. The van der Waals surface area contributed by atoms with Crippen LogP contribution in [0.2, 0.25) is 0 Å². The van der Waals surface area contributed by atoms with Crippen molar-refractivity contribution in [3.05, 3.63) is 175 Å². The second-order valence-electron chi connectivity index (χ2n) is 11.1. The van der Waals surface area contributed by atoms with Crippen molar-refractivity contribution in [3.8, 4) is 28.8 Å². The van der Waals surface area contributed by atoms with Crippen LogP contribution >= 0.6 is 0 Å². The average Bonchev–Trinajstić information content (AvgIpc) is 4.05. The van der Waals surface area contributed by atoms with Crippen LogP contribution in [0.15, 0.2) is 158 Å². The molecule has 0 saturated heterocycles. The number of aromatic nitrogens is 8. The third-order valence-corrected chi connectivity index (χ3v) is 7.77. The van der Waals surface area contributed by atoms with Crippen molar-refractivity contribution in [1.29, 1.82) is 5.26 Å². The van der Waals surface area contributed by atoms with E-state index in [0.29, 0.717) is 22.8 Å². The van der Waals surface area contributed by atoms with E-state index in [1.54, 1.807) is 36.9 Å². The fourth-order valence-electron chi connectivity index (χ4n) is 5.36. The van der Waals surface area contributed by atoms with E-state index in [1.165, 1.54) is 0 Å². The van der Waals surface area contributed by atoms with Crippen LogP contribution in [0.25, 0.3) is 71.5 Å². The zero-order valence-corrected chi connectivity index (χ0v) is 32.7. The van der Waals surface area contributed by atoms with E-state index in [-0.39, 0.29) is 42.1 Å². The second kappa shape index (κ2) is 18.9. The van der Waals surface area contributed by atoms with E-state index in [2.05, 4.69) is 44.7 Å². The van der Waals surface area contributed by atoms with Crippen LogP contribution in [0.1, 0.15) is 5.69 Å². The molecule has 0 spiro atoms. The molecular weight excluding hydrogens is 1030 g/mol. The third-order valence-electron chi connectivity index (χ3n) is 7.77. The standard InChI is InChI=1S/2C12H6N3.2C9H7N2.2Pt/c1-13-11-7-6-9-8-4-2-3-5-10(8)14-12(9)15-11;13-7-8-5-6-10-9-3-1-2-4-11(9)15-12(10)14-8;2*1-2-6-10-8(4-1)9-5-3-7-11-9;;/h2-7H;1-6H;2*1-7H;;/q4*-1;2*+2. The Bertz CT molecular complexity index is 2570. The zero-order chi connectivity index (χ0) is 35.5. The maximum Gasteiger partial charge on any atom is 2.00 e. The summed E-state index contributed by atoms with van der Waals surface area (Å²) >= 11 is 0. The molecule has 0 radical (unpaired) electrons. The monoisotopic (exact) mass is 1060 g/mol. The Morgan fingerprint density at radius 2 is 1.02 bits per heavy atom. The van der Waals surface area contributed by atoms with E-state index >= 15 is 0 Å². The summed E-state index contributed by atoms with van der Waals surface area (Å²) in [6, 6.07) is 44.3. The topological polar surface area (TPSA) is 136 Å². The van der Waals surface area contributed by atoms with Crippen LogP contribution in [0.5, 0.6) is 0 Å². The van der Waals surface area contributed by atoms with Crippen LogP contribution < -0.4 is 19.9 Å². The van der Waals surface area contributed by atoms with Crippen molar-refractivity contribution in [3.63, 3.8) is 0 Å². The van der Waals surface area contributed by atoms with Crippen LogP contribution in [0, 0.1) is 17.9 Å². The van der Waals surface area contributed by atoms with Crippen LogP contribution in [0.4, 0.5) is 5.82 Å². The average molecular weight is 1060 g/mol. The van der Waals surface area contributed by atoms with Crippen molar-refractivity contribution in [2.45, 2.75) is 0 Å². The minimum atomic E-state index is 0. The molecule has 0 N–H and O–H groups in total. The summed E-state index contributed by atoms with van der Waals surface area (Å²) < 4.78 is 0. The van der Waals surface area contributed by atoms with Gasteiger partial charge in [-0.2, -0.15) is 17.7 Å². The molecular formula is C42H26N10Pt2. The van der Waals surface area contributed by atoms with Crippen LogP contribution in [-0.4, -0.2) is 19.9 Å². The summed E-state index contributed by atoms with van der Waals surface area (Å²) in [6.07, 6.45) is 7.07. The van der Waals surface area contributed by atoms with Gasteiger partial charge in [-0.15, -0.1) is 11.4 Å². The molecule has 0 unspecified atom stereocenters. The first-order valence-corrected chi connectivity index (χ1v) is 16.1. The van der Waals surface area contributed by atoms with Gasteiger partial charge in [0.25, 0.3) is 0 Å². The van der Waals surface area contributed by atoms with Gasteiger partial charge in [-0.1, -0.05) is 115 Å². The van der Waals surface area contributed by atoms with E-state index in [1.807, 2.05) is 127 Å². The number of para-hydroxylation sites is 2. The van der Waals surface area contributed by atoms with Crippen molar-refractivity contribution in [2.24, 2.45) is 0 Å². The zero-order valence-electron chi connectivity index (χ0n) is 28.1. The molecule has 10 rings (SSSR count). The smallest absolute Gasteiger partial charge is 0.662 e. The predicted molar refractivity (Wildman–Crippen MR) is 202 cm³/mol. The maximum absolute atomic E-state index is 8.73. The molecule has 8 heterocycles. The maximum atomic E-state index is 8.73. The van der Waals surface area contributed by atoms with Crippen molar-refractivity contribution in [2.75, 3.05) is 0 Å². The Balaban J connectivity index is 0.000000138. The van der Waals surface area contributed by atoms with Crippen molar-refractivity contribution < 1.29 is 42.1 Å². The molecule has 2 aromatic carbocycles. The van der Waals surface area contributed by atoms with E-state index < -0.39 is 0 Å². The number of hydrogen-bond acceptors (Lipinski definition) is 5. The second-order valence-corrected chi connectivity index (χ2v) is 11.1. The van der Waals surface area contributed by atoms with Crippen molar-refractivity contribution >= 4 is 49.7 Å². The largest absolute Gasteiger partial charge is 2.00 e. The van der Waals surface area contributed by atoms with Gasteiger partial charge in [0.05, 0.1) is 11.9 Å². The SMILES string of the molecule is N#Cc1ccc2c(n1)[n-]c1ccccc12.[C-]#[N+]c1ccc2c(n1)[n-]c1ccccc12.[Pt+2].[Pt+2].c1ccc(-c2ccc[n-]2)nc1.c1ccc(-c2ccc[n-]2)nc1. The Morgan fingerprint density at radius 1 is 0.519 bits per heavy atom. The Labute approximate surface area is 339 Å². The Kier molecular flexibility index (Phi) is 13.6. The normalized spacial score (nSPS) is 9.89. The summed E-state index contributed by atoms with van der Waals surface area (Å²) in [5.74, 6) is 0.394. The molecule has 0 atom stereocenters. The summed E-state index contributed by atoms with van der Waals surface area (Å²) in [6.45, 7) is 6.89. The molecule has 10 aromatic rings. The number of rotatable bonds is 2. The molecule has 0 aliphatic carbocycles. The number of benzene rings is 2. The van der Waals surface area contributed by atoms with Gasteiger partial charge in [-0.05, 0) is 68.6 Å². The minimum absolute atomic E-state index is 0. The van der Waals surface area contributed by atoms with Gasteiger partial charge in [-0.25, -0.2) is 0 Å². The number of fused-ring (bicyclic) bond motifs is 6. The first kappa shape index (κ1) is 38.8. The quantitative estimate of drug-likeness (QED) is 0.156. The molecule has 0 saturated carbocycles. The van der Waals surface area contributed by atoms with Gasteiger partial charge in [0.2, 0.25) is 0 Å². The Morgan fingerprint density at radius 3 is 1.48 bits per heavy atom. The molecule has 264 valence electrons. The van der Waals surface area contributed by atoms with Crippen molar-refractivity contribution in [1.82, 2.24) is 39.9 Å². The van der Waals surface area contributed by atoms with Crippen LogP contribution in [0.3, 0.4) is 0 Å². The summed E-state index contributed by atoms with van der Waals surface area (Å²) in [4.78, 5) is 36.9. The first-order valence-electron chi connectivity index (χ1n) is 16.1. The molecule has 0 amide bonds. The molecule has 0 fully saturated rings. The van der Waals surface area contributed by atoms with Gasteiger partial charge in [0, 0.05) is 29.5 Å². The summed E-state index contributed by atoms with van der Waals surface area (Å²) in [5.41, 5.74) is 7.30. The summed E-state index contributed by atoms with van der Waals surface area (Å²) in [7, 11) is 0. The van der Waals surface area contributed by atoms with Gasteiger partial charge in [0.15, 0.2) is 0 Å². The minimum Gasteiger partial charge on any atom is -0.662 e. The fraction of sp³-hybridized carbons (Fsp3) is 0. The third kappa shape index (κ3) is 9.13. The first-order chi connectivity index (χ1) is 25.7.